The summed E-state index contributed by atoms with van der Waals surface area (Å²) in [7, 11) is 0. The number of fused-ring (bicyclic) bond motifs is 6. The van der Waals surface area contributed by atoms with Gasteiger partial charge in [0, 0.05) is 16.2 Å². The largest absolute Gasteiger partial charge is 0.326 e. The lowest BCUT2D eigenvalue weighted by molar-refractivity contribution is 0.301. The predicted molar refractivity (Wildman–Crippen MR) is 118 cm³/mol. The van der Waals surface area contributed by atoms with E-state index in [1.165, 1.54) is 37.0 Å². The number of nitrogens with zero attached hydrogens (tertiary/aromatic N) is 1. The van der Waals surface area contributed by atoms with E-state index in [1.807, 2.05) is 28.5 Å². The van der Waals surface area contributed by atoms with Crippen LogP contribution >= 0.6 is 23.4 Å². The van der Waals surface area contributed by atoms with Crippen molar-refractivity contribution in [3.8, 4) is 0 Å². The number of hydrogen-bond donors (Lipinski definition) is 1. The van der Waals surface area contributed by atoms with Gasteiger partial charge in [-0.3, -0.25) is 4.57 Å². The zero-order valence-electron chi connectivity index (χ0n) is 16.4. The Kier molecular flexibility index (Phi) is 4.40. The number of aromatic nitrogens is 2. The summed E-state index contributed by atoms with van der Waals surface area (Å²) in [6.45, 7) is 0.455. The van der Waals surface area contributed by atoms with E-state index in [-0.39, 0.29) is 17.4 Å². The maximum Gasteiger partial charge on any atom is 0.326 e. The fourth-order valence-corrected chi connectivity index (χ4v) is 7.97. The number of H-pyrrole nitrogens is 1. The number of imidazole rings is 1. The smallest absolute Gasteiger partial charge is 0.308 e. The van der Waals surface area contributed by atoms with E-state index >= 15 is 0 Å². The molecule has 2 fully saturated rings. The SMILES string of the molecule is O=c1[nH]c2c(n1Cc1ccc(F)cc1)S[C@H]1[C@H]3CC[C@H](C3)[C@@H]1[C@H]2c1ccc(Cl)cc1. The van der Waals surface area contributed by atoms with Crippen molar-refractivity contribution in [2.75, 3.05) is 0 Å². The summed E-state index contributed by atoms with van der Waals surface area (Å²) in [5.41, 5.74) is 3.13. The predicted octanol–water partition coefficient (Wildman–Crippen LogP) is 5.67. The lowest BCUT2D eigenvalue weighted by Crippen LogP contribution is -2.34. The molecule has 5 atom stereocenters. The molecule has 3 aliphatic rings. The highest BCUT2D eigenvalue weighted by Crippen LogP contribution is 2.63. The zero-order chi connectivity index (χ0) is 20.4. The van der Waals surface area contributed by atoms with Gasteiger partial charge in [0.05, 0.1) is 17.3 Å². The van der Waals surface area contributed by atoms with Crippen LogP contribution in [0.25, 0.3) is 0 Å². The molecule has 3 aromatic rings. The van der Waals surface area contributed by atoms with Gasteiger partial charge in [0.25, 0.3) is 0 Å². The topological polar surface area (TPSA) is 37.8 Å². The molecule has 6 rings (SSSR count). The molecule has 0 radical (unpaired) electrons. The van der Waals surface area contributed by atoms with E-state index in [2.05, 4.69) is 17.1 Å². The number of thioether (sulfide) groups is 1. The highest BCUT2D eigenvalue weighted by atomic mass is 35.5. The number of benzene rings is 2. The van der Waals surface area contributed by atoms with Crippen LogP contribution < -0.4 is 5.69 Å². The van der Waals surface area contributed by atoms with Crippen LogP contribution in [0.3, 0.4) is 0 Å². The third kappa shape index (κ3) is 2.89. The molecule has 2 bridgehead atoms. The van der Waals surface area contributed by atoms with Gasteiger partial charge in [-0.1, -0.05) is 35.9 Å². The molecular weight excluding hydrogens is 419 g/mol. The summed E-state index contributed by atoms with van der Waals surface area (Å²) in [4.78, 5) is 16.2. The molecule has 2 heterocycles. The highest BCUT2D eigenvalue weighted by molar-refractivity contribution is 8.00. The molecule has 1 aliphatic heterocycles. The van der Waals surface area contributed by atoms with Crippen LogP contribution in [0.1, 0.15) is 42.0 Å². The molecule has 0 spiro atoms. The molecule has 3 nitrogen and oxygen atoms in total. The van der Waals surface area contributed by atoms with Crippen molar-refractivity contribution in [3.63, 3.8) is 0 Å². The highest BCUT2D eigenvalue weighted by Gasteiger charge is 2.55. The van der Waals surface area contributed by atoms with E-state index in [4.69, 9.17) is 11.6 Å². The summed E-state index contributed by atoms with van der Waals surface area (Å²) in [5.74, 6) is 1.95. The van der Waals surface area contributed by atoms with E-state index in [0.29, 0.717) is 17.7 Å². The fourth-order valence-electron chi connectivity index (χ4n) is 6.03. The minimum absolute atomic E-state index is 0.0805. The normalized spacial score (nSPS) is 29.1. The first-order valence-corrected chi connectivity index (χ1v) is 11.8. The van der Waals surface area contributed by atoms with Gasteiger partial charge in [0.1, 0.15) is 5.82 Å². The molecule has 1 aromatic heterocycles. The quantitative estimate of drug-likeness (QED) is 0.569. The van der Waals surface area contributed by atoms with Crippen LogP contribution in [0.2, 0.25) is 5.02 Å². The van der Waals surface area contributed by atoms with Gasteiger partial charge >= 0.3 is 5.69 Å². The molecule has 6 heteroatoms. The van der Waals surface area contributed by atoms with Gasteiger partial charge < -0.3 is 4.98 Å². The Morgan fingerprint density at radius 1 is 1.07 bits per heavy atom. The Bertz CT molecular complexity index is 1150. The summed E-state index contributed by atoms with van der Waals surface area (Å²) < 4.78 is 15.2. The lowest BCUT2D eigenvalue weighted by atomic mass is 9.74. The Hall–Kier alpha value is -1.98. The molecule has 0 unspecified atom stereocenters. The molecule has 154 valence electrons. The lowest BCUT2D eigenvalue weighted by Gasteiger charge is -2.40. The molecule has 0 saturated heterocycles. The Morgan fingerprint density at radius 2 is 1.80 bits per heavy atom. The van der Waals surface area contributed by atoms with Crippen molar-refractivity contribution < 1.29 is 4.39 Å². The van der Waals surface area contributed by atoms with Gasteiger partial charge in [-0.25, -0.2) is 9.18 Å². The summed E-state index contributed by atoms with van der Waals surface area (Å²) in [5, 5.41) is 2.33. The average molecular weight is 441 g/mol. The van der Waals surface area contributed by atoms with Crippen molar-refractivity contribution in [3.05, 3.63) is 86.7 Å². The maximum absolute atomic E-state index is 13.3. The molecule has 2 saturated carbocycles. The van der Waals surface area contributed by atoms with Gasteiger partial charge in [0.2, 0.25) is 0 Å². The summed E-state index contributed by atoms with van der Waals surface area (Å²) >= 11 is 8.06. The Morgan fingerprint density at radius 3 is 2.57 bits per heavy atom. The van der Waals surface area contributed by atoms with E-state index < -0.39 is 0 Å². The first kappa shape index (κ1) is 18.8. The minimum Gasteiger partial charge on any atom is -0.308 e. The van der Waals surface area contributed by atoms with Crippen LogP contribution in [-0.4, -0.2) is 14.8 Å². The van der Waals surface area contributed by atoms with Gasteiger partial charge in [0.15, 0.2) is 0 Å². The first-order valence-electron chi connectivity index (χ1n) is 10.6. The standard InChI is InChI=1S/C24H22ClFN2OS/c25-17-7-5-14(6-8-17)19-20-15-3-4-16(11-15)22(20)30-23-21(19)27-24(29)28(23)12-13-1-9-18(26)10-2-13/h1-2,5-10,15-16,19-20,22H,3-4,11-12H2,(H,27,29)/t15-,16+,19-,20-,22+/m1/s1. The average Bonchev–Trinajstić information content (AvgIpc) is 3.43. The number of aromatic amines is 1. The Balaban J connectivity index is 1.47. The monoisotopic (exact) mass is 440 g/mol. The van der Waals surface area contributed by atoms with E-state index in [1.54, 1.807) is 12.1 Å². The maximum atomic E-state index is 13.3. The van der Waals surface area contributed by atoms with Crippen molar-refractivity contribution in [1.82, 2.24) is 9.55 Å². The molecule has 1 N–H and O–H groups in total. The second-order valence-electron chi connectivity index (χ2n) is 8.88. The molecule has 0 amide bonds. The van der Waals surface area contributed by atoms with Crippen molar-refractivity contribution >= 4 is 23.4 Å². The number of rotatable bonds is 3. The molecule has 30 heavy (non-hydrogen) atoms. The van der Waals surface area contributed by atoms with Crippen LogP contribution in [0.5, 0.6) is 0 Å². The number of nitrogens with one attached hydrogen (secondary N) is 1. The van der Waals surface area contributed by atoms with Crippen molar-refractivity contribution in [2.24, 2.45) is 17.8 Å². The van der Waals surface area contributed by atoms with Crippen LogP contribution in [0, 0.1) is 23.6 Å². The van der Waals surface area contributed by atoms with Gasteiger partial charge in [-0.05, 0) is 72.4 Å². The number of halogens is 2. The van der Waals surface area contributed by atoms with Crippen LogP contribution in [0.15, 0.2) is 58.4 Å². The summed E-state index contributed by atoms with van der Waals surface area (Å²) in [6, 6.07) is 14.6. The molecule has 2 aromatic carbocycles. The van der Waals surface area contributed by atoms with Crippen LogP contribution in [0.4, 0.5) is 4.39 Å². The van der Waals surface area contributed by atoms with Crippen molar-refractivity contribution in [1.29, 1.82) is 0 Å². The minimum atomic E-state index is -0.260. The second-order valence-corrected chi connectivity index (χ2v) is 10.5. The van der Waals surface area contributed by atoms with E-state index in [9.17, 15) is 9.18 Å². The zero-order valence-corrected chi connectivity index (χ0v) is 17.9. The van der Waals surface area contributed by atoms with Crippen molar-refractivity contribution in [2.45, 2.75) is 42.0 Å². The van der Waals surface area contributed by atoms with Crippen LogP contribution in [-0.2, 0) is 6.54 Å². The summed E-state index contributed by atoms with van der Waals surface area (Å²) in [6.07, 6.45) is 3.90. The molecular formula is C24H22ClFN2OS. The molecule has 2 aliphatic carbocycles. The van der Waals surface area contributed by atoms with Gasteiger partial charge in [-0.2, -0.15) is 0 Å². The van der Waals surface area contributed by atoms with Gasteiger partial charge in [-0.15, -0.1) is 11.8 Å². The Labute approximate surface area is 183 Å². The number of hydrogen-bond acceptors (Lipinski definition) is 2. The second kappa shape index (κ2) is 7.03. The van der Waals surface area contributed by atoms with E-state index in [0.717, 1.165) is 33.1 Å². The third-order valence-electron chi connectivity index (χ3n) is 7.29. The first-order chi connectivity index (χ1) is 14.6. The fraction of sp³-hybridized carbons (Fsp3) is 0.375. The third-order valence-corrected chi connectivity index (χ3v) is 9.18.